The summed E-state index contributed by atoms with van der Waals surface area (Å²) >= 11 is 1.27. The minimum absolute atomic E-state index is 0.0317. The summed E-state index contributed by atoms with van der Waals surface area (Å²) in [4.78, 5) is 0. The molecule has 0 saturated carbocycles. The fourth-order valence-corrected chi connectivity index (χ4v) is 0.693. The molecule has 0 amide bonds. The van der Waals surface area contributed by atoms with Crippen molar-refractivity contribution in [2.45, 2.75) is 20.8 Å². The second kappa shape index (κ2) is 3.66. The molecule has 0 saturated heterocycles. The van der Waals surface area contributed by atoms with Crippen molar-refractivity contribution in [3.8, 4) is 0 Å². The second-order valence-corrected chi connectivity index (χ2v) is 3.73. The number of hydrogen-bond donors (Lipinski definition) is 1. The van der Waals surface area contributed by atoms with E-state index in [1.165, 1.54) is 11.9 Å². The molecular weight excluding hydrogens is 144 g/mol. The fraction of sp³-hybridized carbons (Fsp3) is 0.571. The van der Waals surface area contributed by atoms with Crippen LogP contribution in [0.3, 0.4) is 0 Å². The molecule has 2 N–H and O–H groups in total. The van der Waals surface area contributed by atoms with Crippen LogP contribution in [0.1, 0.15) is 20.8 Å². The fourth-order valence-electron chi connectivity index (χ4n) is 0.231. The molecule has 3 heteroatoms. The molecule has 0 unspecified atom stereocenters. The third-order valence-electron chi connectivity index (χ3n) is 0.994. The van der Waals surface area contributed by atoms with Gasteiger partial charge in [0.2, 0.25) is 0 Å². The molecule has 0 heterocycles. The monoisotopic (exact) mass is 158 g/mol. The van der Waals surface area contributed by atoms with Crippen molar-refractivity contribution in [2.24, 2.45) is 15.5 Å². The lowest BCUT2D eigenvalue weighted by molar-refractivity contribution is 0.586. The van der Waals surface area contributed by atoms with Gasteiger partial charge in [-0.15, -0.1) is 0 Å². The average molecular weight is 158 g/mol. The Labute approximate surface area is 66.7 Å². The molecule has 0 aliphatic carbocycles. The Balaban J connectivity index is 4.05. The molecule has 2 nitrogen and oxygen atoms in total. The van der Waals surface area contributed by atoms with Gasteiger partial charge in [-0.05, 0) is 5.41 Å². The summed E-state index contributed by atoms with van der Waals surface area (Å²) in [7, 11) is 0. The predicted molar refractivity (Wildman–Crippen MR) is 48.9 cm³/mol. The van der Waals surface area contributed by atoms with Gasteiger partial charge in [-0.1, -0.05) is 27.4 Å². The van der Waals surface area contributed by atoms with Gasteiger partial charge in [0.05, 0.1) is 0 Å². The van der Waals surface area contributed by atoms with Crippen molar-refractivity contribution in [1.29, 1.82) is 0 Å². The first-order chi connectivity index (χ1) is 4.48. The first-order valence-corrected chi connectivity index (χ1v) is 3.93. The zero-order valence-corrected chi connectivity index (χ0v) is 7.53. The normalized spacial score (nSPS) is 13.3. The minimum Gasteiger partial charge on any atom is -0.386 e. The van der Waals surface area contributed by atoms with E-state index < -0.39 is 0 Å². The smallest absolute Gasteiger partial charge is 0.113 e. The van der Waals surface area contributed by atoms with Gasteiger partial charge >= 0.3 is 0 Å². The predicted octanol–water partition coefficient (Wildman–Crippen LogP) is 2.18. The van der Waals surface area contributed by atoms with Gasteiger partial charge in [-0.2, -0.15) is 4.40 Å². The summed E-state index contributed by atoms with van der Waals surface area (Å²) in [5.41, 5.74) is 5.59. The van der Waals surface area contributed by atoms with E-state index in [2.05, 4.69) is 11.0 Å². The summed E-state index contributed by atoms with van der Waals surface area (Å²) in [6, 6.07) is 0. The largest absolute Gasteiger partial charge is 0.386 e. The van der Waals surface area contributed by atoms with Crippen molar-refractivity contribution in [3.63, 3.8) is 0 Å². The van der Waals surface area contributed by atoms with Crippen LogP contribution in [0.4, 0.5) is 0 Å². The highest BCUT2D eigenvalue weighted by Gasteiger charge is 2.14. The number of nitrogens with two attached hydrogens (primary N) is 1. The van der Waals surface area contributed by atoms with Crippen molar-refractivity contribution in [1.82, 2.24) is 0 Å². The molecule has 58 valence electrons. The molecule has 0 aromatic heterocycles. The molecule has 0 radical (unpaired) electrons. The Bertz CT molecular complexity index is 144. The van der Waals surface area contributed by atoms with Crippen molar-refractivity contribution in [2.75, 3.05) is 0 Å². The number of rotatable bonds is 2. The van der Waals surface area contributed by atoms with E-state index in [9.17, 15) is 0 Å². The van der Waals surface area contributed by atoms with E-state index in [4.69, 9.17) is 5.73 Å². The highest BCUT2D eigenvalue weighted by Crippen LogP contribution is 2.15. The van der Waals surface area contributed by atoms with E-state index >= 15 is 0 Å². The Kier molecular flexibility index (Phi) is 3.50. The molecule has 0 rings (SSSR count). The van der Waals surface area contributed by atoms with Crippen LogP contribution >= 0.6 is 11.9 Å². The molecule has 0 bridgehead atoms. The van der Waals surface area contributed by atoms with E-state index in [0.29, 0.717) is 5.84 Å². The van der Waals surface area contributed by atoms with Crippen molar-refractivity contribution in [3.05, 3.63) is 12.0 Å². The van der Waals surface area contributed by atoms with E-state index in [1.54, 1.807) is 5.41 Å². The van der Waals surface area contributed by atoms with Crippen LogP contribution in [0.5, 0.6) is 0 Å². The summed E-state index contributed by atoms with van der Waals surface area (Å²) in [6.07, 6.45) is 0. The number of amidine groups is 1. The molecule has 0 aromatic rings. The molecule has 0 fully saturated rings. The molecule has 0 atom stereocenters. The van der Waals surface area contributed by atoms with Crippen LogP contribution in [0.2, 0.25) is 0 Å². The molecule has 0 aromatic carbocycles. The molecule has 0 aliphatic heterocycles. The van der Waals surface area contributed by atoms with Gasteiger partial charge in [-0.25, -0.2) is 0 Å². The van der Waals surface area contributed by atoms with E-state index in [1.807, 2.05) is 20.8 Å². The standard InChI is InChI=1S/C7H14N2S/c1-5-10-9-6(8)7(2,3)4/h5H,1H2,2-4H3,(H2,8,9). The van der Waals surface area contributed by atoms with Gasteiger partial charge in [-0.3, -0.25) is 0 Å². The quantitative estimate of drug-likeness (QED) is 0.380. The van der Waals surface area contributed by atoms with Crippen LogP contribution in [0.25, 0.3) is 0 Å². The summed E-state index contributed by atoms with van der Waals surface area (Å²) in [5.74, 6) is 0.650. The zero-order chi connectivity index (χ0) is 8.20. The summed E-state index contributed by atoms with van der Waals surface area (Å²) in [6.45, 7) is 9.58. The first-order valence-electron chi connectivity index (χ1n) is 3.09. The molecule has 0 spiro atoms. The number of nitrogens with zero attached hydrogens (tertiary/aromatic N) is 1. The van der Waals surface area contributed by atoms with Crippen LogP contribution < -0.4 is 5.73 Å². The lowest BCUT2D eigenvalue weighted by Gasteiger charge is -2.16. The number of hydrogen-bond acceptors (Lipinski definition) is 2. The third-order valence-corrected chi connectivity index (χ3v) is 1.45. The van der Waals surface area contributed by atoms with Gasteiger partial charge in [0.1, 0.15) is 5.84 Å². The second-order valence-electron chi connectivity index (χ2n) is 3.00. The van der Waals surface area contributed by atoms with Crippen LogP contribution in [0, 0.1) is 5.41 Å². The minimum atomic E-state index is -0.0317. The van der Waals surface area contributed by atoms with Crippen LogP contribution in [0.15, 0.2) is 16.4 Å². The summed E-state index contributed by atoms with van der Waals surface area (Å²) < 4.78 is 4.01. The Hall–Kier alpha value is -0.440. The highest BCUT2D eigenvalue weighted by atomic mass is 32.2. The third kappa shape index (κ3) is 3.56. The molecule has 10 heavy (non-hydrogen) atoms. The van der Waals surface area contributed by atoms with Gasteiger partial charge in [0, 0.05) is 17.4 Å². The lowest BCUT2D eigenvalue weighted by Crippen LogP contribution is -2.28. The van der Waals surface area contributed by atoms with Gasteiger partial charge in [0.25, 0.3) is 0 Å². The Morgan fingerprint density at radius 2 is 2.10 bits per heavy atom. The Morgan fingerprint density at radius 1 is 1.60 bits per heavy atom. The van der Waals surface area contributed by atoms with Crippen molar-refractivity contribution < 1.29 is 0 Å². The maximum absolute atomic E-state index is 5.62. The van der Waals surface area contributed by atoms with Crippen LogP contribution in [-0.2, 0) is 0 Å². The zero-order valence-electron chi connectivity index (χ0n) is 6.72. The van der Waals surface area contributed by atoms with Crippen molar-refractivity contribution >= 4 is 17.8 Å². The van der Waals surface area contributed by atoms with E-state index in [-0.39, 0.29) is 5.41 Å². The van der Waals surface area contributed by atoms with Gasteiger partial charge in [0.15, 0.2) is 0 Å². The maximum Gasteiger partial charge on any atom is 0.113 e. The first kappa shape index (κ1) is 9.56. The Morgan fingerprint density at radius 3 is 2.40 bits per heavy atom. The van der Waals surface area contributed by atoms with Gasteiger partial charge < -0.3 is 5.73 Å². The molecular formula is C7H14N2S. The topological polar surface area (TPSA) is 38.4 Å². The maximum atomic E-state index is 5.62. The van der Waals surface area contributed by atoms with Crippen LogP contribution in [-0.4, -0.2) is 5.84 Å². The lowest BCUT2D eigenvalue weighted by atomic mass is 9.96. The summed E-state index contributed by atoms with van der Waals surface area (Å²) in [5, 5.41) is 1.65. The highest BCUT2D eigenvalue weighted by molar-refractivity contribution is 8.01. The van der Waals surface area contributed by atoms with E-state index in [0.717, 1.165) is 0 Å². The SMILES string of the molecule is C=CS/N=C(\N)C(C)(C)C. The molecule has 0 aliphatic rings. The average Bonchev–Trinajstić information content (AvgIpc) is 1.80.